The molecule has 31 heavy (non-hydrogen) atoms. The van der Waals surface area contributed by atoms with Gasteiger partial charge in [-0.3, -0.25) is 9.59 Å². The Bertz CT molecular complexity index is 1420. The number of benzene rings is 2. The van der Waals surface area contributed by atoms with Crippen molar-refractivity contribution in [3.63, 3.8) is 0 Å². The third-order valence-corrected chi connectivity index (χ3v) is 6.16. The summed E-state index contributed by atoms with van der Waals surface area (Å²) in [6, 6.07) is 12.5. The zero-order valence-electron chi connectivity index (χ0n) is 16.5. The molecule has 0 amide bonds. The lowest BCUT2D eigenvalue weighted by atomic mass is 10.1. The lowest BCUT2D eigenvalue weighted by Crippen LogP contribution is -2.28. The highest BCUT2D eigenvalue weighted by Crippen LogP contribution is 2.22. The summed E-state index contributed by atoms with van der Waals surface area (Å²) in [7, 11) is 0. The van der Waals surface area contributed by atoms with Gasteiger partial charge in [0, 0.05) is 6.42 Å². The van der Waals surface area contributed by atoms with Gasteiger partial charge in [-0.05, 0) is 47.9 Å². The molecule has 2 aromatic carbocycles. The molecule has 0 aliphatic heterocycles. The molecule has 158 valence electrons. The highest BCUT2D eigenvalue weighted by atomic mass is 35.5. The summed E-state index contributed by atoms with van der Waals surface area (Å²) in [5, 5.41) is 5.10. The van der Waals surface area contributed by atoms with Crippen molar-refractivity contribution < 1.29 is 4.74 Å². The Morgan fingerprint density at radius 3 is 2.58 bits per heavy atom. The molecule has 0 aliphatic rings. The molecular weight excluding hydrogens is 457 g/mol. The monoisotopic (exact) mass is 473 g/mol. The third kappa shape index (κ3) is 4.79. The van der Waals surface area contributed by atoms with E-state index in [-0.39, 0.29) is 22.6 Å². The highest BCUT2D eigenvalue weighted by Gasteiger charge is 2.12. The van der Waals surface area contributed by atoms with Crippen LogP contribution in [0.25, 0.3) is 11.0 Å². The van der Waals surface area contributed by atoms with E-state index in [2.05, 4.69) is 10.1 Å². The summed E-state index contributed by atoms with van der Waals surface area (Å²) in [5.74, 6) is 0.769. The molecule has 0 spiro atoms. The van der Waals surface area contributed by atoms with E-state index in [9.17, 15) is 9.59 Å². The van der Waals surface area contributed by atoms with Gasteiger partial charge in [0.05, 0.1) is 21.2 Å². The van der Waals surface area contributed by atoms with Crippen molar-refractivity contribution in [2.45, 2.75) is 19.8 Å². The number of ether oxygens (including phenoxy) is 1. The smallest absolute Gasteiger partial charge is 0.296 e. The van der Waals surface area contributed by atoms with Gasteiger partial charge < -0.3 is 4.74 Å². The third-order valence-electron chi connectivity index (χ3n) is 4.46. The average Bonchev–Trinajstić information content (AvgIpc) is 3.05. The van der Waals surface area contributed by atoms with Crippen molar-refractivity contribution in [2.24, 2.45) is 0 Å². The van der Waals surface area contributed by atoms with Gasteiger partial charge >= 0.3 is 0 Å². The van der Waals surface area contributed by atoms with Crippen LogP contribution in [0.1, 0.15) is 30.2 Å². The van der Waals surface area contributed by atoms with Gasteiger partial charge in [-0.2, -0.15) is 14.6 Å². The van der Waals surface area contributed by atoms with E-state index < -0.39 is 5.56 Å². The molecule has 2 heterocycles. The Labute approximate surface area is 191 Å². The van der Waals surface area contributed by atoms with E-state index in [4.69, 9.17) is 27.9 Å². The maximum atomic E-state index is 12.8. The van der Waals surface area contributed by atoms with Gasteiger partial charge in [0.25, 0.3) is 11.1 Å². The predicted molar refractivity (Wildman–Crippen MR) is 124 cm³/mol. The van der Waals surface area contributed by atoms with E-state index in [1.54, 1.807) is 24.3 Å². The van der Waals surface area contributed by atoms with Crippen LogP contribution in [0.2, 0.25) is 10.0 Å². The Morgan fingerprint density at radius 2 is 1.87 bits per heavy atom. The van der Waals surface area contributed by atoms with Crippen molar-refractivity contribution in [1.82, 2.24) is 14.6 Å². The SMILES string of the molecule is CCCOc1ccc(Cc2nn3c(=O)c(=Cc4ccc(Cl)c(Cl)c4)sc3nc2=O)cc1. The Balaban J connectivity index is 1.67. The van der Waals surface area contributed by atoms with E-state index in [0.29, 0.717) is 26.7 Å². The van der Waals surface area contributed by atoms with E-state index in [0.717, 1.165) is 29.1 Å². The van der Waals surface area contributed by atoms with Gasteiger partial charge in [-0.25, -0.2) is 0 Å². The molecule has 0 saturated heterocycles. The van der Waals surface area contributed by atoms with Crippen LogP contribution in [0.4, 0.5) is 0 Å². The molecule has 0 radical (unpaired) electrons. The summed E-state index contributed by atoms with van der Waals surface area (Å²) in [6.07, 6.45) is 2.87. The number of aromatic nitrogens is 3. The van der Waals surface area contributed by atoms with Gasteiger partial charge in [0.15, 0.2) is 0 Å². The minimum atomic E-state index is -0.450. The first-order chi connectivity index (χ1) is 14.9. The fourth-order valence-corrected chi connectivity index (χ4v) is 4.13. The maximum Gasteiger partial charge on any atom is 0.296 e. The average molecular weight is 474 g/mol. The van der Waals surface area contributed by atoms with Crippen molar-refractivity contribution in [3.05, 3.63) is 94.6 Å². The van der Waals surface area contributed by atoms with Crippen LogP contribution in [-0.2, 0) is 6.42 Å². The number of rotatable bonds is 6. The molecule has 0 unspecified atom stereocenters. The van der Waals surface area contributed by atoms with Crippen molar-refractivity contribution >= 4 is 45.6 Å². The van der Waals surface area contributed by atoms with Crippen molar-refractivity contribution in [3.8, 4) is 5.75 Å². The Morgan fingerprint density at radius 1 is 1.10 bits per heavy atom. The lowest BCUT2D eigenvalue weighted by molar-refractivity contribution is 0.317. The van der Waals surface area contributed by atoms with E-state index in [1.807, 2.05) is 31.2 Å². The first-order valence-electron chi connectivity index (χ1n) is 9.56. The van der Waals surface area contributed by atoms with Crippen molar-refractivity contribution in [1.29, 1.82) is 0 Å². The quantitative estimate of drug-likeness (QED) is 0.426. The molecule has 0 bridgehead atoms. The number of halogens is 2. The van der Waals surface area contributed by atoms with Crippen LogP contribution < -0.4 is 20.4 Å². The van der Waals surface area contributed by atoms with Crippen LogP contribution in [0.15, 0.2) is 52.1 Å². The lowest BCUT2D eigenvalue weighted by Gasteiger charge is -2.05. The number of fused-ring (bicyclic) bond motifs is 1. The number of hydrogen-bond donors (Lipinski definition) is 0. The molecule has 0 aliphatic carbocycles. The van der Waals surface area contributed by atoms with Crippen LogP contribution >= 0.6 is 34.5 Å². The van der Waals surface area contributed by atoms with E-state index >= 15 is 0 Å². The van der Waals surface area contributed by atoms with Crippen LogP contribution in [0.3, 0.4) is 0 Å². The van der Waals surface area contributed by atoms with Gasteiger partial charge in [0.1, 0.15) is 11.4 Å². The topological polar surface area (TPSA) is 73.6 Å². The number of hydrogen-bond acceptors (Lipinski definition) is 6. The fourth-order valence-electron chi connectivity index (χ4n) is 2.92. The molecule has 0 saturated carbocycles. The standard InChI is InChI=1S/C22H17Cl2N3O3S/c1-2-9-30-15-6-3-13(4-7-15)11-18-20(28)25-22-27(26-18)21(29)19(31-22)12-14-5-8-16(23)17(24)10-14/h3-8,10,12H,2,9,11H2,1H3. The largest absolute Gasteiger partial charge is 0.494 e. The zero-order valence-corrected chi connectivity index (χ0v) is 18.8. The minimum absolute atomic E-state index is 0.204. The molecule has 0 fully saturated rings. The second kappa shape index (κ2) is 9.18. The molecule has 4 rings (SSSR count). The predicted octanol–water partition coefficient (Wildman–Crippen LogP) is 3.75. The number of thiazole rings is 1. The maximum absolute atomic E-state index is 12.8. The molecule has 0 N–H and O–H groups in total. The summed E-state index contributed by atoms with van der Waals surface area (Å²) in [4.78, 5) is 29.6. The van der Waals surface area contributed by atoms with Crippen LogP contribution in [0.5, 0.6) is 5.75 Å². The molecule has 4 aromatic rings. The summed E-state index contributed by atoms with van der Waals surface area (Å²) in [6.45, 7) is 2.69. The molecular formula is C22H17Cl2N3O3S. The van der Waals surface area contributed by atoms with E-state index in [1.165, 1.54) is 4.52 Å². The summed E-state index contributed by atoms with van der Waals surface area (Å²) >= 11 is 13.1. The second-order valence-corrected chi connectivity index (χ2v) is 8.64. The fraction of sp³-hybridized carbons (Fsp3) is 0.182. The number of nitrogens with zero attached hydrogens (tertiary/aromatic N) is 3. The molecule has 9 heteroatoms. The van der Waals surface area contributed by atoms with Gasteiger partial charge in [0.2, 0.25) is 4.96 Å². The summed E-state index contributed by atoms with van der Waals surface area (Å²) in [5.41, 5.74) is 1.000. The van der Waals surface area contributed by atoms with Crippen LogP contribution in [-0.4, -0.2) is 21.2 Å². The zero-order chi connectivity index (χ0) is 22.0. The van der Waals surface area contributed by atoms with Crippen molar-refractivity contribution in [2.75, 3.05) is 6.61 Å². The highest BCUT2D eigenvalue weighted by molar-refractivity contribution is 7.15. The van der Waals surface area contributed by atoms with Crippen LogP contribution in [0, 0.1) is 0 Å². The molecule has 0 atom stereocenters. The van der Waals surface area contributed by atoms with Gasteiger partial charge in [-0.15, -0.1) is 0 Å². The Hall–Kier alpha value is -2.74. The molecule has 2 aromatic heterocycles. The normalized spacial score (nSPS) is 11.9. The Kier molecular flexibility index (Phi) is 6.36. The second-order valence-electron chi connectivity index (χ2n) is 6.82. The van der Waals surface area contributed by atoms with Gasteiger partial charge in [-0.1, -0.05) is 59.7 Å². The molecule has 6 nitrogen and oxygen atoms in total. The first kappa shape index (κ1) is 21.5. The minimum Gasteiger partial charge on any atom is -0.494 e. The summed E-state index contributed by atoms with van der Waals surface area (Å²) < 4.78 is 7.14. The first-order valence-corrected chi connectivity index (χ1v) is 11.1.